The second-order valence-corrected chi connectivity index (χ2v) is 10.9. The molecule has 2 bridgehead atoms. The first kappa shape index (κ1) is 19.0. The molecule has 2 fully saturated rings. The molecule has 0 aliphatic heterocycles. The highest BCUT2D eigenvalue weighted by molar-refractivity contribution is 7.17. The molecule has 1 N–H and O–H groups in total. The lowest BCUT2D eigenvalue weighted by molar-refractivity contribution is -0.121. The molecule has 0 aromatic carbocycles. The molecular weight excluding hydrogens is 358 g/mol. The molecule has 27 heavy (non-hydrogen) atoms. The predicted octanol–water partition coefficient (Wildman–Crippen LogP) is 5.06. The average Bonchev–Trinajstić information content (AvgIpc) is 3.33. The van der Waals surface area contributed by atoms with Crippen LogP contribution < -0.4 is 5.32 Å². The van der Waals surface area contributed by atoms with E-state index in [0.29, 0.717) is 22.4 Å². The van der Waals surface area contributed by atoms with Crippen molar-refractivity contribution in [2.24, 2.45) is 29.1 Å². The third-order valence-electron chi connectivity index (χ3n) is 7.19. The molecule has 4 atom stereocenters. The first-order valence-corrected chi connectivity index (χ1v) is 11.1. The Hall–Kier alpha value is -1.36. The summed E-state index contributed by atoms with van der Waals surface area (Å²) in [4.78, 5) is 26.7. The van der Waals surface area contributed by atoms with Crippen molar-refractivity contribution in [1.82, 2.24) is 0 Å². The first-order valence-electron chi connectivity index (χ1n) is 10.3. The topological polar surface area (TPSA) is 55.4 Å². The van der Waals surface area contributed by atoms with Crippen LogP contribution in [0.2, 0.25) is 0 Å². The fourth-order valence-electron chi connectivity index (χ4n) is 5.50. The van der Waals surface area contributed by atoms with Crippen molar-refractivity contribution < 1.29 is 14.3 Å². The highest BCUT2D eigenvalue weighted by Gasteiger charge is 2.43. The van der Waals surface area contributed by atoms with Gasteiger partial charge in [-0.15, -0.1) is 11.3 Å². The number of fused-ring (bicyclic) bond motifs is 3. The molecule has 4 rings (SSSR count). The van der Waals surface area contributed by atoms with Gasteiger partial charge < -0.3 is 10.1 Å². The van der Waals surface area contributed by atoms with Gasteiger partial charge in [0.25, 0.3) is 0 Å². The van der Waals surface area contributed by atoms with E-state index in [0.717, 1.165) is 37.2 Å². The Morgan fingerprint density at radius 3 is 2.52 bits per heavy atom. The number of anilines is 1. The zero-order chi connectivity index (χ0) is 19.3. The van der Waals surface area contributed by atoms with E-state index in [1.54, 1.807) is 11.3 Å². The number of hydrogen-bond acceptors (Lipinski definition) is 4. The Labute approximate surface area is 166 Å². The van der Waals surface area contributed by atoms with Gasteiger partial charge in [0.2, 0.25) is 5.91 Å². The second kappa shape index (κ2) is 6.91. The number of amides is 1. The van der Waals surface area contributed by atoms with E-state index >= 15 is 0 Å². The number of rotatable bonds is 3. The van der Waals surface area contributed by atoms with Crippen LogP contribution in [0.25, 0.3) is 0 Å². The number of ether oxygens (including phenoxy) is 1. The number of esters is 1. The zero-order valence-electron chi connectivity index (χ0n) is 16.9. The Morgan fingerprint density at radius 2 is 1.93 bits per heavy atom. The average molecular weight is 390 g/mol. The third kappa shape index (κ3) is 3.43. The van der Waals surface area contributed by atoms with E-state index in [1.165, 1.54) is 31.2 Å². The Balaban J connectivity index is 1.59. The number of carbonyl (C=O) groups excluding carboxylic acids is 2. The molecule has 0 saturated heterocycles. The Morgan fingerprint density at radius 1 is 1.15 bits per heavy atom. The maximum atomic E-state index is 12.9. The fraction of sp³-hybridized carbons (Fsp3) is 0.727. The van der Waals surface area contributed by atoms with Crippen molar-refractivity contribution in [3.8, 4) is 0 Å². The van der Waals surface area contributed by atoms with Crippen LogP contribution in [-0.2, 0) is 22.4 Å². The van der Waals surface area contributed by atoms with Gasteiger partial charge in [-0.25, -0.2) is 4.79 Å². The Kier molecular flexibility index (Phi) is 4.86. The predicted molar refractivity (Wildman–Crippen MR) is 108 cm³/mol. The summed E-state index contributed by atoms with van der Waals surface area (Å²) in [5.41, 5.74) is 1.97. The maximum Gasteiger partial charge on any atom is 0.341 e. The van der Waals surface area contributed by atoms with Crippen molar-refractivity contribution in [2.45, 2.75) is 65.7 Å². The molecule has 1 amide bonds. The van der Waals surface area contributed by atoms with Crippen LogP contribution in [0, 0.1) is 29.1 Å². The molecule has 2 saturated carbocycles. The van der Waals surface area contributed by atoms with Gasteiger partial charge in [0, 0.05) is 10.8 Å². The van der Waals surface area contributed by atoms with Crippen LogP contribution in [0.4, 0.5) is 5.00 Å². The minimum Gasteiger partial charge on any atom is -0.465 e. The summed E-state index contributed by atoms with van der Waals surface area (Å²) in [7, 11) is 1.43. The summed E-state index contributed by atoms with van der Waals surface area (Å²) in [5.74, 6) is 1.79. The van der Waals surface area contributed by atoms with E-state index in [9.17, 15) is 9.59 Å². The van der Waals surface area contributed by atoms with Crippen molar-refractivity contribution in [3.05, 3.63) is 16.0 Å². The maximum absolute atomic E-state index is 12.9. The summed E-state index contributed by atoms with van der Waals surface area (Å²) in [6.45, 7) is 6.86. The summed E-state index contributed by atoms with van der Waals surface area (Å²) >= 11 is 1.60. The molecule has 4 nitrogen and oxygen atoms in total. The molecule has 0 spiro atoms. The van der Waals surface area contributed by atoms with Gasteiger partial charge >= 0.3 is 5.97 Å². The van der Waals surface area contributed by atoms with Crippen LogP contribution in [0.5, 0.6) is 0 Å². The van der Waals surface area contributed by atoms with Gasteiger partial charge in [-0.1, -0.05) is 27.2 Å². The van der Waals surface area contributed by atoms with Gasteiger partial charge in [0.15, 0.2) is 0 Å². The molecule has 5 heteroatoms. The van der Waals surface area contributed by atoms with E-state index in [2.05, 4.69) is 26.1 Å². The summed E-state index contributed by atoms with van der Waals surface area (Å²) in [6.07, 6.45) is 7.64. The van der Waals surface area contributed by atoms with Crippen molar-refractivity contribution in [2.75, 3.05) is 12.4 Å². The lowest BCUT2D eigenvalue weighted by Gasteiger charge is -2.33. The van der Waals surface area contributed by atoms with E-state index in [-0.39, 0.29) is 23.2 Å². The number of thiophene rings is 1. The molecule has 0 radical (unpaired) electrons. The second-order valence-electron chi connectivity index (χ2n) is 9.78. The van der Waals surface area contributed by atoms with Gasteiger partial charge in [-0.05, 0) is 67.3 Å². The highest BCUT2D eigenvalue weighted by atomic mass is 32.1. The van der Waals surface area contributed by atoms with E-state index < -0.39 is 0 Å². The molecular formula is C22H31NO3S. The fourth-order valence-corrected chi connectivity index (χ4v) is 6.82. The van der Waals surface area contributed by atoms with Crippen molar-refractivity contribution in [3.63, 3.8) is 0 Å². The monoisotopic (exact) mass is 389 g/mol. The van der Waals surface area contributed by atoms with Crippen LogP contribution in [-0.4, -0.2) is 19.0 Å². The smallest absolute Gasteiger partial charge is 0.341 e. The van der Waals surface area contributed by atoms with Crippen molar-refractivity contribution >= 4 is 28.2 Å². The normalized spacial score (nSPS) is 29.5. The van der Waals surface area contributed by atoms with E-state index in [1.807, 2.05) is 0 Å². The highest BCUT2D eigenvalue weighted by Crippen LogP contribution is 2.49. The van der Waals surface area contributed by atoms with Crippen LogP contribution in [0.1, 0.15) is 73.7 Å². The lowest BCUT2D eigenvalue weighted by atomic mass is 9.72. The molecule has 148 valence electrons. The largest absolute Gasteiger partial charge is 0.465 e. The Bertz CT molecular complexity index is 760. The van der Waals surface area contributed by atoms with Gasteiger partial charge in [-0.2, -0.15) is 0 Å². The first-order chi connectivity index (χ1) is 12.8. The minimum absolute atomic E-state index is 0.110. The zero-order valence-corrected chi connectivity index (χ0v) is 17.7. The molecule has 1 heterocycles. The number of hydrogen-bond donors (Lipinski definition) is 1. The van der Waals surface area contributed by atoms with Crippen LogP contribution >= 0.6 is 11.3 Å². The number of methoxy groups -OCH3 is 1. The van der Waals surface area contributed by atoms with Crippen LogP contribution in [0.15, 0.2) is 0 Å². The molecule has 1 aromatic rings. The molecule has 0 unspecified atom stereocenters. The SMILES string of the molecule is COC(=O)c1c(NC(=O)[C@H]2C[C@H]3CC[C@H]2C3)sc2c1CC[C@@H](C(C)(C)C)C2. The molecule has 1 aromatic heterocycles. The number of nitrogens with one attached hydrogen (secondary N) is 1. The quantitative estimate of drug-likeness (QED) is 0.735. The molecule has 3 aliphatic rings. The lowest BCUT2D eigenvalue weighted by Crippen LogP contribution is -2.28. The van der Waals surface area contributed by atoms with Gasteiger partial charge in [-0.3, -0.25) is 4.79 Å². The van der Waals surface area contributed by atoms with E-state index in [4.69, 9.17) is 4.74 Å². The third-order valence-corrected chi connectivity index (χ3v) is 8.36. The van der Waals surface area contributed by atoms with Gasteiger partial charge in [0.1, 0.15) is 5.00 Å². The summed E-state index contributed by atoms with van der Waals surface area (Å²) in [6, 6.07) is 0. The summed E-state index contributed by atoms with van der Waals surface area (Å²) in [5, 5.41) is 3.86. The summed E-state index contributed by atoms with van der Waals surface area (Å²) < 4.78 is 5.07. The standard InChI is InChI=1S/C22H31NO3S/c1-22(2,3)14-7-8-15-17(11-14)27-20(18(15)21(25)26-4)23-19(24)16-10-12-5-6-13(16)9-12/h12-14,16H,5-11H2,1-4H3,(H,23,24)/t12-,13-,14+,16-/m0/s1. The van der Waals surface area contributed by atoms with Gasteiger partial charge in [0.05, 0.1) is 12.7 Å². The van der Waals surface area contributed by atoms with Crippen molar-refractivity contribution in [1.29, 1.82) is 0 Å². The molecule has 3 aliphatic carbocycles. The van der Waals surface area contributed by atoms with Crippen LogP contribution in [0.3, 0.4) is 0 Å². The number of carbonyl (C=O) groups is 2. The minimum atomic E-state index is -0.315.